The van der Waals surface area contributed by atoms with Crippen LogP contribution in [0.3, 0.4) is 0 Å². The molecule has 0 fully saturated rings. The fourth-order valence-corrected chi connectivity index (χ4v) is 1.77. The maximum Gasteiger partial charge on any atom is 0.445 e. The molecule has 0 aromatic carbocycles. The Balaban J connectivity index is 2.83. The zero-order valence-electron chi connectivity index (χ0n) is 9.11. The first-order chi connectivity index (χ1) is 7.88. The van der Waals surface area contributed by atoms with Crippen molar-refractivity contribution in [1.29, 1.82) is 0 Å². The minimum absolute atomic E-state index is 0.0465. The van der Waals surface area contributed by atoms with Crippen molar-refractivity contribution < 1.29 is 22.7 Å². The predicted octanol–water partition coefficient (Wildman–Crippen LogP) is 1.56. The van der Waals surface area contributed by atoms with Crippen LogP contribution < -0.4 is 4.90 Å². The number of alkyl halides is 3. The van der Waals surface area contributed by atoms with Crippen LogP contribution in [0.15, 0.2) is 0 Å². The zero-order chi connectivity index (χ0) is 13.1. The molecular weight excluding hydrogens is 259 g/mol. The van der Waals surface area contributed by atoms with E-state index in [4.69, 9.17) is 0 Å². The molecule has 5 nitrogen and oxygen atoms in total. The van der Waals surface area contributed by atoms with Crippen LogP contribution in [0.25, 0.3) is 0 Å². The quantitative estimate of drug-likeness (QED) is 0.776. The van der Waals surface area contributed by atoms with Crippen molar-refractivity contribution in [1.82, 2.24) is 10.2 Å². The number of ether oxygens (including phenoxy) is 1. The second kappa shape index (κ2) is 5.30. The highest BCUT2D eigenvalue weighted by Gasteiger charge is 2.36. The summed E-state index contributed by atoms with van der Waals surface area (Å²) in [6.07, 6.45) is -4.51. The highest BCUT2D eigenvalue weighted by molar-refractivity contribution is 7.15. The Morgan fingerprint density at radius 3 is 2.53 bits per heavy atom. The first kappa shape index (κ1) is 13.7. The van der Waals surface area contributed by atoms with Crippen LogP contribution in [0.2, 0.25) is 0 Å². The zero-order valence-corrected chi connectivity index (χ0v) is 9.93. The molecule has 0 unspecified atom stereocenters. The van der Waals surface area contributed by atoms with Gasteiger partial charge >= 0.3 is 12.1 Å². The molecule has 0 saturated carbocycles. The van der Waals surface area contributed by atoms with Gasteiger partial charge in [-0.15, -0.1) is 10.2 Å². The van der Waals surface area contributed by atoms with Gasteiger partial charge < -0.3 is 9.64 Å². The normalized spacial score (nSPS) is 11.4. The van der Waals surface area contributed by atoms with Crippen LogP contribution in [0.1, 0.15) is 11.9 Å². The maximum atomic E-state index is 12.3. The first-order valence-electron chi connectivity index (χ1n) is 4.61. The Bertz CT molecular complexity index is 394. The monoisotopic (exact) mass is 269 g/mol. The van der Waals surface area contributed by atoms with Gasteiger partial charge in [-0.1, -0.05) is 11.3 Å². The Morgan fingerprint density at radius 2 is 2.12 bits per heavy atom. The molecule has 1 rings (SSSR count). The first-order valence-corrected chi connectivity index (χ1v) is 5.42. The largest absolute Gasteiger partial charge is 0.468 e. The number of anilines is 1. The van der Waals surface area contributed by atoms with Crippen LogP contribution in [-0.4, -0.2) is 36.4 Å². The lowest BCUT2D eigenvalue weighted by atomic mass is 10.5. The molecule has 0 spiro atoms. The van der Waals surface area contributed by atoms with Gasteiger partial charge in [-0.2, -0.15) is 13.2 Å². The van der Waals surface area contributed by atoms with E-state index in [0.29, 0.717) is 17.9 Å². The summed E-state index contributed by atoms with van der Waals surface area (Å²) >= 11 is 0.396. The van der Waals surface area contributed by atoms with E-state index in [1.54, 1.807) is 6.92 Å². The molecule has 0 atom stereocenters. The molecule has 0 aliphatic carbocycles. The lowest BCUT2D eigenvalue weighted by Crippen LogP contribution is -2.30. The number of esters is 1. The van der Waals surface area contributed by atoms with Crippen LogP contribution in [0, 0.1) is 0 Å². The molecule has 17 heavy (non-hydrogen) atoms. The second-order valence-electron chi connectivity index (χ2n) is 2.98. The lowest BCUT2D eigenvalue weighted by molar-refractivity contribution is -0.139. The van der Waals surface area contributed by atoms with E-state index >= 15 is 0 Å². The molecule has 9 heteroatoms. The Labute approximate surface area is 99.2 Å². The van der Waals surface area contributed by atoms with E-state index < -0.39 is 17.2 Å². The van der Waals surface area contributed by atoms with Crippen LogP contribution >= 0.6 is 11.3 Å². The van der Waals surface area contributed by atoms with Gasteiger partial charge in [-0.05, 0) is 6.92 Å². The third kappa shape index (κ3) is 3.55. The number of carbonyl (C=O) groups is 1. The number of carbonyl (C=O) groups excluding carboxylic acids is 1. The van der Waals surface area contributed by atoms with Gasteiger partial charge in [-0.3, -0.25) is 4.79 Å². The van der Waals surface area contributed by atoms with Gasteiger partial charge in [0.15, 0.2) is 0 Å². The van der Waals surface area contributed by atoms with Crippen LogP contribution in [-0.2, 0) is 15.7 Å². The third-order valence-corrected chi connectivity index (χ3v) is 2.89. The molecule has 0 aliphatic heterocycles. The topological polar surface area (TPSA) is 55.3 Å². The van der Waals surface area contributed by atoms with Gasteiger partial charge in [0.25, 0.3) is 0 Å². The third-order valence-electron chi connectivity index (χ3n) is 1.86. The predicted molar refractivity (Wildman–Crippen MR) is 54.8 cm³/mol. The van der Waals surface area contributed by atoms with E-state index in [-0.39, 0.29) is 11.7 Å². The number of hydrogen-bond acceptors (Lipinski definition) is 6. The van der Waals surface area contributed by atoms with Crippen molar-refractivity contribution >= 4 is 22.4 Å². The number of methoxy groups -OCH3 is 1. The molecule has 96 valence electrons. The van der Waals surface area contributed by atoms with Gasteiger partial charge in [-0.25, -0.2) is 0 Å². The summed E-state index contributed by atoms with van der Waals surface area (Å²) in [5.74, 6) is -0.546. The van der Waals surface area contributed by atoms with Crippen molar-refractivity contribution in [2.75, 3.05) is 25.1 Å². The summed E-state index contributed by atoms with van der Waals surface area (Å²) in [7, 11) is 1.21. The number of nitrogens with zero attached hydrogens (tertiary/aromatic N) is 3. The highest BCUT2D eigenvalue weighted by atomic mass is 32.1. The van der Waals surface area contributed by atoms with Crippen LogP contribution in [0.5, 0.6) is 0 Å². The van der Waals surface area contributed by atoms with Gasteiger partial charge in [0.1, 0.15) is 6.54 Å². The molecule has 0 radical (unpaired) electrons. The summed E-state index contributed by atoms with van der Waals surface area (Å²) in [4.78, 5) is 12.4. The van der Waals surface area contributed by atoms with Gasteiger partial charge in [0, 0.05) is 6.54 Å². The Hall–Kier alpha value is -1.38. The summed E-state index contributed by atoms with van der Waals surface area (Å²) < 4.78 is 41.3. The number of aromatic nitrogens is 2. The van der Waals surface area contributed by atoms with E-state index in [9.17, 15) is 18.0 Å². The smallest absolute Gasteiger partial charge is 0.445 e. The number of likely N-dealkylation sites (N-methyl/N-ethyl adjacent to an activating group) is 1. The molecule has 1 heterocycles. The van der Waals surface area contributed by atoms with Crippen molar-refractivity contribution in [2.45, 2.75) is 13.1 Å². The number of halogens is 3. The van der Waals surface area contributed by atoms with E-state index in [1.165, 1.54) is 12.0 Å². The fraction of sp³-hybridized carbons (Fsp3) is 0.625. The Kier molecular flexibility index (Phi) is 4.27. The van der Waals surface area contributed by atoms with E-state index in [0.717, 1.165) is 0 Å². The molecule has 0 N–H and O–H groups in total. The Morgan fingerprint density at radius 1 is 1.47 bits per heavy atom. The van der Waals surface area contributed by atoms with Crippen molar-refractivity contribution in [3.63, 3.8) is 0 Å². The highest BCUT2D eigenvalue weighted by Crippen LogP contribution is 2.34. The molecule has 1 aromatic rings. The minimum atomic E-state index is -4.51. The maximum absolute atomic E-state index is 12.3. The summed E-state index contributed by atoms with van der Waals surface area (Å²) in [6, 6.07) is 0. The SMILES string of the molecule is CCN(CC(=O)OC)c1nnc(C(F)(F)F)s1. The fourth-order valence-electron chi connectivity index (χ4n) is 0.993. The van der Waals surface area contributed by atoms with Crippen LogP contribution in [0.4, 0.5) is 18.3 Å². The van der Waals surface area contributed by atoms with Crippen molar-refractivity contribution in [2.24, 2.45) is 0 Å². The van der Waals surface area contributed by atoms with Gasteiger partial charge in [0.05, 0.1) is 7.11 Å². The summed E-state index contributed by atoms with van der Waals surface area (Å²) in [5, 5.41) is 5.46. The van der Waals surface area contributed by atoms with Gasteiger partial charge in [0.2, 0.25) is 10.1 Å². The average Bonchev–Trinajstić information content (AvgIpc) is 2.74. The van der Waals surface area contributed by atoms with Crippen molar-refractivity contribution in [3.8, 4) is 0 Å². The van der Waals surface area contributed by atoms with E-state index in [1.807, 2.05) is 0 Å². The minimum Gasteiger partial charge on any atom is -0.468 e. The van der Waals surface area contributed by atoms with E-state index in [2.05, 4.69) is 14.9 Å². The molecule has 0 bridgehead atoms. The molecule has 0 amide bonds. The second-order valence-corrected chi connectivity index (χ2v) is 3.93. The number of rotatable bonds is 4. The molecule has 0 aliphatic rings. The molecular formula is C8H10F3N3O2S. The molecule has 1 aromatic heterocycles. The molecule has 0 saturated heterocycles. The summed E-state index contributed by atoms with van der Waals surface area (Å²) in [5.41, 5.74) is 0. The lowest BCUT2D eigenvalue weighted by Gasteiger charge is -2.16. The number of hydrogen-bond donors (Lipinski definition) is 0. The average molecular weight is 269 g/mol. The van der Waals surface area contributed by atoms with Crippen molar-refractivity contribution in [3.05, 3.63) is 5.01 Å². The summed E-state index contributed by atoms with van der Waals surface area (Å²) in [6.45, 7) is 1.87. The standard InChI is InChI=1S/C8H10F3N3O2S/c1-3-14(4-5(15)16-2)7-13-12-6(17-7)8(9,10)11/h3-4H2,1-2H3.